The molecule has 102 valence electrons. The summed E-state index contributed by atoms with van der Waals surface area (Å²) in [5.74, 6) is 2.51. The van der Waals surface area contributed by atoms with Crippen LogP contribution in [0.1, 0.15) is 12.2 Å². The lowest BCUT2D eigenvalue weighted by Crippen LogP contribution is -2.03. The number of ether oxygens (including phenoxy) is 3. The third-order valence-corrected chi connectivity index (χ3v) is 2.59. The summed E-state index contributed by atoms with van der Waals surface area (Å²) in [6, 6.07) is 11.3. The van der Waals surface area contributed by atoms with E-state index >= 15 is 0 Å². The van der Waals surface area contributed by atoms with Gasteiger partial charge in [0.05, 0.1) is 26.6 Å². The first-order chi connectivity index (χ1) is 9.38. The average molecular weight is 262 g/mol. The third kappa shape index (κ3) is 4.67. The van der Waals surface area contributed by atoms with Gasteiger partial charge in [-0.1, -0.05) is 0 Å². The van der Waals surface area contributed by atoms with Gasteiger partial charge in [0.25, 0.3) is 0 Å². The van der Waals surface area contributed by atoms with E-state index in [9.17, 15) is 0 Å². The lowest BCUT2D eigenvalue weighted by Gasteiger charge is -2.07. The number of rotatable bonds is 8. The molecular formula is C15H18O4. The molecule has 1 aromatic carbocycles. The minimum Gasteiger partial charge on any atom is -0.497 e. The van der Waals surface area contributed by atoms with Crippen molar-refractivity contribution in [3.8, 4) is 11.5 Å². The Labute approximate surface area is 112 Å². The molecule has 19 heavy (non-hydrogen) atoms. The van der Waals surface area contributed by atoms with Crippen molar-refractivity contribution in [1.29, 1.82) is 0 Å². The minimum atomic E-state index is 0.509. The summed E-state index contributed by atoms with van der Waals surface area (Å²) in [5, 5.41) is 0. The number of hydrogen-bond acceptors (Lipinski definition) is 4. The second-order valence-corrected chi connectivity index (χ2v) is 4.01. The van der Waals surface area contributed by atoms with Crippen LogP contribution in [0.4, 0.5) is 0 Å². The molecule has 0 saturated heterocycles. The molecule has 0 fully saturated rings. The first-order valence-electron chi connectivity index (χ1n) is 6.25. The Morgan fingerprint density at radius 2 is 1.79 bits per heavy atom. The van der Waals surface area contributed by atoms with Gasteiger partial charge in [-0.3, -0.25) is 0 Å². The highest BCUT2D eigenvalue weighted by Gasteiger charge is 1.97. The normalized spacial score (nSPS) is 10.4. The van der Waals surface area contributed by atoms with Crippen LogP contribution in [0.3, 0.4) is 0 Å². The molecule has 0 saturated carbocycles. The molecule has 0 unspecified atom stereocenters. The van der Waals surface area contributed by atoms with E-state index in [0.29, 0.717) is 19.8 Å². The fraction of sp³-hybridized carbons (Fsp3) is 0.333. The van der Waals surface area contributed by atoms with Crippen LogP contribution in [0.2, 0.25) is 0 Å². The monoisotopic (exact) mass is 262 g/mol. The number of benzene rings is 1. The molecule has 4 nitrogen and oxygen atoms in total. The van der Waals surface area contributed by atoms with Crippen molar-refractivity contribution in [3.63, 3.8) is 0 Å². The maximum atomic E-state index is 5.58. The van der Waals surface area contributed by atoms with Gasteiger partial charge in [0, 0.05) is 6.42 Å². The first kappa shape index (κ1) is 13.5. The summed E-state index contributed by atoms with van der Waals surface area (Å²) < 4.78 is 21.3. The molecule has 1 aromatic heterocycles. The summed E-state index contributed by atoms with van der Waals surface area (Å²) in [7, 11) is 1.65. The van der Waals surface area contributed by atoms with Gasteiger partial charge in [-0.15, -0.1) is 0 Å². The quantitative estimate of drug-likeness (QED) is 0.685. The molecule has 0 spiro atoms. The maximum Gasteiger partial charge on any atom is 0.129 e. The Hall–Kier alpha value is -1.94. The summed E-state index contributed by atoms with van der Waals surface area (Å²) >= 11 is 0. The van der Waals surface area contributed by atoms with Crippen molar-refractivity contribution in [3.05, 3.63) is 48.4 Å². The molecule has 1 heterocycles. The van der Waals surface area contributed by atoms with E-state index in [2.05, 4.69) is 0 Å². The standard InChI is InChI=1S/C15H18O4/c1-16-13-5-7-14(8-6-13)18-11-3-9-17-12-15-4-2-10-19-15/h2,4-8,10H,3,9,11-12H2,1H3. The average Bonchev–Trinajstić information content (AvgIpc) is 2.96. The van der Waals surface area contributed by atoms with Crippen LogP contribution in [0, 0.1) is 0 Å². The molecule has 2 aromatic rings. The molecule has 0 atom stereocenters. The second-order valence-electron chi connectivity index (χ2n) is 4.01. The summed E-state index contributed by atoms with van der Waals surface area (Å²) in [5.41, 5.74) is 0. The number of methoxy groups -OCH3 is 1. The highest BCUT2D eigenvalue weighted by atomic mass is 16.5. The molecule has 2 rings (SSSR count). The van der Waals surface area contributed by atoms with Crippen molar-refractivity contribution in [1.82, 2.24) is 0 Å². The Morgan fingerprint density at radius 1 is 1.00 bits per heavy atom. The highest BCUT2D eigenvalue weighted by Crippen LogP contribution is 2.17. The predicted octanol–water partition coefficient (Wildman–Crippen LogP) is 3.27. The van der Waals surface area contributed by atoms with Crippen molar-refractivity contribution in [2.75, 3.05) is 20.3 Å². The fourth-order valence-electron chi connectivity index (χ4n) is 1.59. The van der Waals surface area contributed by atoms with Gasteiger partial charge in [-0.05, 0) is 36.4 Å². The van der Waals surface area contributed by atoms with Crippen LogP contribution in [-0.4, -0.2) is 20.3 Å². The Balaban J connectivity index is 1.56. The van der Waals surface area contributed by atoms with E-state index < -0.39 is 0 Å². The zero-order valence-electron chi connectivity index (χ0n) is 11.0. The van der Waals surface area contributed by atoms with E-state index in [0.717, 1.165) is 23.7 Å². The van der Waals surface area contributed by atoms with Gasteiger partial charge in [-0.2, -0.15) is 0 Å². The lowest BCUT2D eigenvalue weighted by atomic mass is 10.3. The Morgan fingerprint density at radius 3 is 2.47 bits per heavy atom. The Kier molecular flexibility index (Phi) is 5.31. The van der Waals surface area contributed by atoms with E-state index in [4.69, 9.17) is 18.6 Å². The summed E-state index contributed by atoms with van der Waals surface area (Å²) in [4.78, 5) is 0. The third-order valence-electron chi connectivity index (χ3n) is 2.59. The smallest absolute Gasteiger partial charge is 0.129 e. The second kappa shape index (κ2) is 7.48. The van der Waals surface area contributed by atoms with Crippen molar-refractivity contribution >= 4 is 0 Å². The molecule has 0 N–H and O–H groups in total. The van der Waals surface area contributed by atoms with Crippen LogP contribution in [0.25, 0.3) is 0 Å². The minimum absolute atomic E-state index is 0.509. The van der Waals surface area contributed by atoms with E-state index in [1.165, 1.54) is 0 Å². The van der Waals surface area contributed by atoms with E-state index in [-0.39, 0.29) is 0 Å². The molecule has 0 aliphatic carbocycles. The fourth-order valence-corrected chi connectivity index (χ4v) is 1.59. The molecule has 0 amide bonds. The molecule has 0 aliphatic heterocycles. The Bertz CT molecular complexity index is 448. The van der Waals surface area contributed by atoms with Crippen LogP contribution in [0.15, 0.2) is 47.1 Å². The summed E-state index contributed by atoms with van der Waals surface area (Å²) in [6.07, 6.45) is 2.48. The molecule has 0 bridgehead atoms. The van der Waals surface area contributed by atoms with Crippen molar-refractivity contribution < 1.29 is 18.6 Å². The van der Waals surface area contributed by atoms with Crippen LogP contribution in [-0.2, 0) is 11.3 Å². The van der Waals surface area contributed by atoms with Gasteiger partial charge in [0.2, 0.25) is 0 Å². The van der Waals surface area contributed by atoms with Crippen LogP contribution in [0.5, 0.6) is 11.5 Å². The zero-order valence-corrected chi connectivity index (χ0v) is 11.0. The number of furan rings is 1. The maximum absolute atomic E-state index is 5.58. The van der Waals surface area contributed by atoms with Crippen LogP contribution >= 0.6 is 0 Å². The topological polar surface area (TPSA) is 40.8 Å². The van der Waals surface area contributed by atoms with Gasteiger partial charge in [0.15, 0.2) is 0 Å². The van der Waals surface area contributed by atoms with Gasteiger partial charge < -0.3 is 18.6 Å². The van der Waals surface area contributed by atoms with E-state index in [1.54, 1.807) is 13.4 Å². The summed E-state index contributed by atoms with van der Waals surface area (Å²) in [6.45, 7) is 1.79. The largest absolute Gasteiger partial charge is 0.497 e. The lowest BCUT2D eigenvalue weighted by molar-refractivity contribution is 0.0944. The van der Waals surface area contributed by atoms with Crippen LogP contribution < -0.4 is 9.47 Å². The van der Waals surface area contributed by atoms with Crippen molar-refractivity contribution in [2.45, 2.75) is 13.0 Å². The van der Waals surface area contributed by atoms with Gasteiger partial charge >= 0.3 is 0 Å². The first-order valence-corrected chi connectivity index (χ1v) is 6.25. The number of hydrogen-bond donors (Lipinski definition) is 0. The SMILES string of the molecule is COc1ccc(OCCCOCc2ccco2)cc1. The van der Waals surface area contributed by atoms with E-state index in [1.807, 2.05) is 36.4 Å². The predicted molar refractivity (Wildman–Crippen MR) is 71.5 cm³/mol. The van der Waals surface area contributed by atoms with Crippen molar-refractivity contribution in [2.24, 2.45) is 0 Å². The highest BCUT2D eigenvalue weighted by molar-refractivity contribution is 5.31. The molecular weight excluding hydrogens is 244 g/mol. The molecule has 0 radical (unpaired) electrons. The zero-order chi connectivity index (χ0) is 13.3. The molecule has 4 heteroatoms. The molecule has 0 aliphatic rings. The van der Waals surface area contributed by atoms with Gasteiger partial charge in [-0.25, -0.2) is 0 Å². The van der Waals surface area contributed by atoms with Gasteiger partial charge in [0.1, 0.15) is 23.9 Å².